The molecule has 0 aromatic heterocycles. The molecule has 1 fully saturated rings. The van der Waals surface area contributed by atoms with Crippen molar-refractivity contribution in [3.63, 3.8) is 0 Å². The van der Waals surface area contributed by atoms with Gasteiger partial charge in [0.2, 0.25) is 0 Å². The molecule has 182 valence electrons. The molecule has 1 rings (SSSR count). The summed E-state index contributed by atoms with van der Waals surface area (Å²) in [7, 11) is 0.958. The molecule has 0 aliphatic heterocycles. The fourth-order valence-electron chi connectivity index (χ4n) is 2.84. The van der Waals surface area contributed by atoms with Gasteiger partial charge in [0.1, 0.15) is 5.76 Å². The number of ether oxygens (including phenoxy) is 1. The summed E-state index contributed by atoms with van der Waals surface area (Å²) in [5.41, 5.74) is -0.107. The van der Waals surface area contributed by atoms with E-state index >= 15 is 0 Å². The lowest BCUT2D eigenvalue weighted by molar-refractivity contribution is -0.0960. The van der Waals surface area contributed by atoms with E-state index in [4.69, 9.17) is 4.74 Å². The van der Waals surface area contributed by atoms with Crippen LogP contribution in [0.25, 0.3) is 0 Å². The molecule has 0 radical (unpaired) electrons. The third-order valence-corrected chi connectivity index (χ3v) is 4.16. The van der Waals surface area contributed by atoms with Gasteiger partial charge in [0.05, 0.1) is 19.8 Å². The van der Waals surface area contributed by atoms with Crippen LogP contribution in [0.4, 0.5) is 4.53 Å². The van der Waals surface area contributed by atoms with Crippen LogP contribution >= 0.6 is 0 Å². The molecule has 0 bridgehead atoms. The minimum atomic E-state index is -0.234. The van der Waals surface area contributed by atoms with Gasteiger partial charge in [-0.25, -0.2) is 0 Å². The van der Waals surface area contributed by atoms with Crippen molar-refractivity contribution in [2.24, 2.45) is 17.3 Å². The second-order valence-corrected chi connectivity index (χ2v) is 8.22. The number of allylic oxidation sites excluding steroid dienone is 4. The zero-order chi connectivity index (χ0) is 24.7. The number of aliphatic hydroxyl groups excluding tert-OH is 1. The number of aliphatic hydroxyl groups is 1. The summed E-state index contributed by atoms with van der Waals surface area (Å²) < 4.78 is 15.5. The monoisotopic (exact) mass is 440 g/mol. The Labute approximate surface area is 192 Å². The molecule has 1 N–H and O–H groups in total. The summed E-state index contributed by atoms with van der Waals surface area (Å²) in [5.74, 6) is 1.45. The van der Waals surface area contributed by atoms with Crippen molar-refractivity contribution in [3.05, 3.63) is 62.0 Å². The van der Waals surface area contributed by atoms with Crippen LogP contribution in [-0.2, 0) is 9.68 Å². The summed E-state index contributed by atoms with van der Waals surface area (Å²) in [6.45, 7) is 24.5. The van der Waals surface area contributed by atoms with E-state index in [1.165, 1.54) is 12.8 Å². The first-order valence-electron chi connectivity index (χ1n) is 11.4. The van der Waals surface area contributed by atoms with Crippen molar-refractivity contribution in [2.45, 2.75) is 79.8 Å². The third-order valence-electron chi connectivity index (χ3n) is 4.16. The molecule has 0 amide bonds. The Morgan fingerprint density at radius 1 is 1.10 bits per heavy atom. The molecule has 1 unspecified atom stereocenters. The number of rotatable bonds is 9. The van der Waals surface area contributed by atoms with E-state index in [0.717, 1.165) is 32.1 Å². The maximum absolute atomic E-state index is 10.2. The highest BCUT2D eigenvalue weighted by atomic mass is 19.3. The molecular weight excluding hydrogens is 391 g/mol. The molecule has 3 atom stereocenters. The van der Waals surface area contributed by atoms with Gasteiger partial charge < -0.3 is 9.84 Å². The zero-order valence-corrected chi connectivity index (χ0v) is 21.2. The third kappa shape index (κ3) is 20.0. The summed E-state index contributed by atoms with van der Waals surface area (Å²) in [6.07, 6.45) is 16.6. The number of halogens is 1. The lowest BCUT2D eigenvalue weighted by Gasteiger charge is -2.23. The normalized spacial score (nSPS) is 20.3. The fraction of sp³-hybridized carbons (Fsp3) is 0.630. The van der Waals surface area contributed by atoms with Crippen LogP contribution in [0.3, 0.4) is 0 Å². The van der Waals surface area contributed by atoms with E-state index in [1.54, 1.807) is 18.2 Å². The second kappa shape index (κ2) is 23.0. The molecule has 0 saturated heterocycles. The highest BCUT2D eigenvalue weighted by Gasteiger charge is 2.32. The fourth-order valence-corrected chi connectivity index (χ4v) is 2.84. The maximum Gasteiger partial charge on any atom is 0.118 e. The quantitative estimate of drug-likeness (QED) is 0.223. The average Bonchev–Trinajstić information content (AvgIpc) is 3.05. The Morgan fingerprint density at radius 3 is 2.03 bits per heavy atom. The molecule has 0 spiro atoms. The largest absolute Gasteiger partial charge is 0.493 e. The van der Waals surface area contributed by atoms with Crippen LogP contribution in [0.1, 0.15) is 73.6 Å². The lowest BCUT2D eigenvalue weighted by atomic mass is 9.87. The van der Waals surface area contributed by atoms with Crippen molar-refractivity contribution in [1.29, 1.82) is 0 Å². The zero-order valence-electron chi connectivity index (χ0n) is 21.2. The van der Waals surface area contributed by atoms with Gasteiger partial charge in [0.15, 0.2) is 0 Å². The predicted octanol–water partition coefficient (Wildman–Crippen LogP) is 8.15. The van der Waals surface area contributed by atoms with E-state index in [9.17, 15) is 9.63 Å². The Kier molecular flexibility index (Phi) is 25.2. The van der Waals surface area contributed by atoms with Gasteiger partial charge in [-0.3, -0.25) is 0 Å². The van der Waals surface area contributed by atoms with Gasteiger partial charge in [0.25, 0.3) is 0 Å². The van der Waals surface area contributed by atoms with Crippen molar-refractivity contribution in [1.82, 2.24) is 0 Å². The average molecular weight is 441 g/mol. The first kappa shape index (κ1) is 34.0. The van der Waals surface area contributed by atoms with Crippen molar-refractivity contribution in [3.8, 4) is 0 Å². The summed E-state index contributed by atoms with van der Waals surface area (Å²) in [4.78, 5) is 2.75. The highest BCUT2D eigenvalue weighted by Crippen LogP contribution is 2.36. The van der Waals surface area contributed by atoms with Gasteiger partial charge in [-0.1, -0.05) is 91.8 Å². The summed E-state index contributed by atoms with van der Waals surface area (Å²) in [5, 5.41) is 10.2. The Bertz CT molecular complexity index is 490. The first-order valence-corrected chi connectivity index (χ1v) is 11.4. The maximum atomic E-state index is 10.2. The molecule has 3 nitrogen and oxygen atoms in total. The van der Waals surface area contributed by atoms with Crippen molar-refractivity contribution in [2.75, 3.05) is 13.7 Å². The van der Waals surface area contributed by atoms with Crippen LogP contribution in [0.5, 0.6) is 0 Å². The van der Waals surface area contributed by atoms with Gasteiger partial charge in [-0.15, -0.1) is 6.58 Å². The molecule has 1 aliphatic carbocycles. The van der Waals surface area contributed by atoms with E-state index in [1.807, 2.05) is 6.08 Å². The molecule has 31 heavy (non-hydrogen) atoms. The minimum absolute atomic E-state index is 0.107. The molecule has 0 aromatic carbocycles. The lowest BCUT2D eigenvalue weighted by Crippen LogP contribution is -2.20. The molecule has 0 heterocycles. The molecule has 4 heteroatoms. The van der Waals surface area contributed by atoms with Gasteiger partial charge in [0, 0.05) is 11.3 Å². The van der Waals surface area contributed by atoms with E-state index in [2.05, 4.69) is 78.4 Å². The Hall–Kier alpha value is -1.65. The van der Waals surface area contributed by atoms with Crippen LogP contribution in [0.15, 0.2) is 62.0 Å². The second-order valence-electron chi connectivity index (χ2n) is 8.22. The van der Waals surface area contributed by atoms with Crippen LogP contribution in [-0.4, -0.2) is 24.9 Å². The topological polar surface area (TPSA) is 38.7 Å². The predicted molar refractivity (Wildman–Crippen MR) is 134 cm³/mol. The number of hydrogen-bond acceptors (Lipinski definition) is 3. The smallest absolute Gasteiger partial charge is 0.118 e. The highest BCUT2D eigenvalue weighted by molar-refractivity contribution is 5.15. The molecular formula is C27H49FO3. The van der Waals surface area contributed by atoms with Gasteiger partial charge in [-0.05, 0) is 41.9 Å². The minimum Gasteiger partial charge on any atom is -0.493 e. The molecule has 1 aliphatic rings. The standard InChI is InChI=1S/C20H30O2.2C3H8.CH3FO/c1-6-9-16-11-12-19(21)18(16)13-14-20(4,5)15-22-17(8-3)10-7-2;3*1-3-2/h6-8,10,13-14,16,18-19,21H,1-3,9,11-12,15H2,4-5H3;2*3H2,1-2H3;1H3/b14-13+,17-10+;;;/t16-,18?,19+;;;/m0.../s1. The van der Waals surface area contributed by atoms with Crippen LogP contribution in [0, 0.1) is 17.3 Å². The van der Waals surface area contributed by atoms with Crippen LogP contribution < -0.4 is 0 Å². The summed E-state index contributed by atoms with van der Waals surface area (Å²) in [6, 6.07) is 0. The Balaban J connectivity index is -0.000000744. The molecule has 0 aromatic rings. The SMILES string of the molecule is C=C/C=C(\C=C)OCC(C)(C)/C=C/C1[C@@H](CC=C)CC[C@H]1O.CCC.CCC.COF. The van der Waals surface area contributed by atoms with Gasteiger partial charge in [-0.2, -0.15) is 4.94 Å². The first-order chi connectivity index (χ1) is 14.7. The van der Waals surface area contributed by atoms with Gasteiger partial charge >= 0.3 is 0 Å². The van der Waals surface area contributed by atoms with E-state index < -0.39 is 0 Å². The Morgan fingerprint density at radius 2 is 1.61 bits per heavy atom. The van der Waals surface area contributed by atoms with E-state index in [0.29, 0.717) is 12.5 Å². The molecule has 1 saturated carbocycles. The van der Waals surface area contributed by atoms with E-state index in [-0.39, 0.29) is 17.4 Å². The van der Waals surface area contributed by atoms with Crippen LogP contribution in [0.2, 0.25) is 0 Å². The number of hydrogen-bond donors (Lipinski definition) is 1. The summed E-state index contributed by atoms with van der Waals surface area (Å²) >= 11 is 0. The van der Waals surface area contributed by atoms with Crippen molar-refractivity contribution >= 4 is 0 Å². The van der Waals surface area contributed by atoms with Crippen molar-refractivity contribution < 1.29 is 19.3 Å².